The van der Waals surface area contributed by atoms with Gasteiger partial charge >= 0.3 is 0 Å². The van der Waals surface area contributed by atoms with E-state index in [9.17, 15) is 0 Å². The Labute approximate surface area is 194 Å². The summed E-state index contributed by atoms with van der Waals surface area (Å²) >= 11 is 6.01. The Morgan fingerprint density at radius 1 is 1.31 bits per heavy atom. The molecule has 0 bridgehead atoms. The van der Waals surface area contributed by atoms with Crippen molar-refractivity contribution in [3.63, 3.8) is 0 Å². The van der Waals surface area contributed by atoms with Gasteiger partial charge in [0.1, 0.15) is 17.6 Å². The molecule has 2 aromatic rings. The number of aliphatic imine (C=N–C) groups is 1. The van der Waals surface area contributed by atoms with Crippen LogP contribution in [0.5, 0.6) is 5.75 Å². The number of ether oxygens (including phenoxy) is 1. The van der Waals surface area contributed by atoms with Crippen LogP contribution in [-0.2, 0) is 6.54 Å². The van der Waals surface area contributed by atoms with Crippen molar-refractivity contribution in [3.05, 3.63) is 46.8 Å². The van der Waals surface area contributed by atoms with E-state index >= 15 is 0 Å². The topological polar surface area (TPSA) is 66.1 Å². The maximum atomic E-state index is 6.01. The number of benzene rings is 1. The molecule has 29 heavy (non-hydrogen) atoms. The second kappa shape index (κ2) is 11.6. The van der Waals surface area contributed by atoms with Gasteiger partial charge in [0.25, 0.3) is 0 Å². The Balaban J connectivity index is 0.00000300. The van der Waals surface area contributed by atoms with E-state index in [1.54, 1.807) is 0 Å². The highest BCUT2D eigenvalue weighted by Crippen LogP contribution is 2.18. The molecule has 0 amide bonds. The van der Waals surface area contributed by atoms with E-state index in [1.807, 2.05) is 51.2 Å². The summed E-state index contributed by atoms with van der Waals surface area (Å²) in [5.74, 6) is 2.53. The molecule has 7 nitrogen and oxygen atoms in total. The fourth-order valence-corrected chi connectivity index (χ4v) is 3.40. The van der Waals surface area contributed by atoms with E-state index in [2.05, 4.69) is 25.3 Å². The fourth-order valence-electron chi connectivity index (χ4n) is 3.22. The first-order valence-corrected chi connectivity index (χ1v) is 9.93. The summed E-state index contributed by atoms with van der Waals surface area (Å²) in [7, 11) is 1.81. The summed E-state index contributed by atoms with van der Waals surface area (Å²) in [6.07, 6.45) is -0.00749. The quantitative estimate of drug-likeness (QED) is 0.349. The van der Waals surface area contributed by atoms with Crippen LogP contribution < -0.4 is 10.1 Å². The van der Waals surface area contributed by atoms with Crippen LogP contribution >= 0.6 is 35.6 Å². The van der Waals surface area contributed by atoms with Crippen molar-refractivity contribution in [1.82, 2.24) is 20.3 Å². The van der Waals surface area contributed by atoms with Gasteiger partial charge < -0.3 is 19.5 Å². The van der Waals surface area contributed by atoms with Crippen LogP contribution in [0.3, 0.4) is 0 Å². The summed E-state index contributed by atoms with van der Waals surface area (Å²) < 4.78 is 11.1. The van der Waals surface area contributed by atoms with E-state index < -0.39 is 0 Å². The van der Waals surface area contributed by atoms with Gasteiger partial charge in [-0.15, -0.1) is 24.0 Å². The van der Waals surface area contributed by atoms with Gasteiger partial charge in [-0.2, -0.15) is 0 Å². The van der Waals surface area contributed by atoms with E-state index in [0.717, 1.165) is 55.9 Å². The zero-order valence-electron chi connectivity index (χ0n) is 17.1. The van der Waals surface area contributed by atoms with Gasteiger partial charge in [-0.3, -0.25) is 9.89 Å². The summed E-state index contributed by atoms with van der Waals surface area (Å²) in [5.41, 5.74) is 0.987. The Bertz CT molecular complexity index is 793. The highest BCUT2D eigenvalue weighted by molar-refractivity contribution is 14.0. The first kappa shape index (κ1) is 23.8. The van der Waals surface area contributed by atoms with Crippen LogP contribution in [0.25, 0.3) is 0 Å². The molecule has 0 saturated carbocycles. The van der Waals surface area contributed by atoms with E-state index in [-0.39, 0.29) is 30.1 Å². The molecule has 0 aliphatic carbocycles. The van der Waals surface area contributed by atoms with Crippen molar-refractivity contribution in [3.8, 4) is 5.75 Å². The van der Waals surface area contributed by atoms with Crippen LogP contribution in [0.4, 0.5) is 0 Å². The number of aromatic nitrogens is 1. The van der Waals surface area contributed by atoms with Crippen molar-refractivity contribution < 1.29 is 9.26 Å². The number of aryl methyl sites for hydroxylation is 1. The minimum Gasteiger partial charge on any atom is -0.489 e. The Morgan fingerprint density at radius 2 is 2.07 bits per heavy atom. The van der Waals surface area contributed by atoms with Crippen molar-refractivity contribution >= 4 is 41.5 Å². The number of halogens is 2. The van der Waals surface area contributed by atoms with E-state index in [4.69, 9.17) is 20.9 Å². The zero-order valence-corrected chi connectivity index (χ0v) is 20.2. The van der Waals surface area contributed by atoms with Crippen LogP contribution in [0.15, 0.2) is 39.8 Å². The summed E-state index contributed by atoms with van der Waals surface area (Å²) in [4.78, 5) is 9.08. The van der Waals surface area contributed by atoms with Crippen LogP contribution in [-0.4, -0.2) is 66.8 Å². The Morgan fingerprint density at radius 3 is 2.69 bits per heavy atom. The highest BCUT2D eigenvalue weighted by Gasteiger charge is 2.21. The molecule has 9 heteroatoms. The monoisotopic (exact) mass is 533 g/mol. The number of hydrogen-bond acceptors (Lipinski definition) is 5. The van der Waals surface area contributed by atoms with Crippen molar-refractivity contribution in [1.29, 1.82) is 0 Å². The molecule has 0 spiro atoms. The average molecular weight is 534 g/mol. The molecular weight excluding hydrogens is 505 g/mol. The molecule has 1 fully saturated rings. The lowest BCUT2D eigenvalue weighted by Crippen LogP contribution is -2.53. The fraction of sp³-hybridized carbons (Fsp3) is 0.500. The molecule has 1 saturated heterocycles. The third-order valence-electron chi connectivity index (χ3n) is 4.63. The largest absolute Gasteiger partial charge is 0.489 e. The second-order valence-corrected chi connectivity index (χ2v) is 7.44. The maximum absolute atomic E-state index is 6.01. The van der Waals surface area contributed by atoms with Crippen molar-refractivity contribution in [2.45, 2.75) is 26.5 Å². The molecule has 0 radical (unpaired) electrons. The van der Waals surface area contributed by atoms with Gasteiger partial charge in [0.05, 0.1) is 12.2 Å². The minimum absolute atomic E-state index is 0. The molecule has 3 rings (SSSR count). The van der Waals surface area contributed by atoms with Gasteiger partial charge in [0.2, 0.25) is 0 Å². The molecular formula is C20H29ClIN5O2. The normalized spacial score (nSPS) is 16.3. The van der Waals surface area contributed by atoms with E-state index in [0.29, 0.717) is 11.6 Å². The lowest BCUT2D eigenvalue weighted by Gasteiger charge is -2.36. The number of guanidine groups is 1. The van der Waals surface area contributed by atoms with Crippen LogP contribution in [0.2, 0.25) is 5.02 Å². The van der Waals surface area contributed by atoms with Crippen LogP contribution in [0, 0.1) is 6.92 Å². The minimum atomic E-state index is -0.00749. The predicted molar refractivity (Wildman–Crippen MR) is 126 cm³/mol. The van der Waals surface area contributed by atoms with E-state index in [1.165, 1.54) is 0 Å². The smallest absolute Gasteiger partial charge is 0.193 e. The SMILES string of the molecule is CN=C(NCC(C)Oc1cccc(Cl)c1)N1CCN(Cc2cc(C)on2)CC1.I. The second-order valence-electron chi connectivity index (χ2n) is 7.01. The molecule has 1 N–H and O–H groups in total. The molecule has 1 aromatic heterocycles. The van der Waals surface area contributed by atoms with Gasteiger partial charge in [-0.25, -0.2) is 0 Å². The molecule has 1 aliphatic heterocycles. The van der Waals surface area contributed by atoms with Gasteiger partial charge in [-0.05, 0) is 32.0 Å². The van der Waals surface area contributed by atoms with Gasteiger partial charge in [0, 0.05) is 50.9 Å². The first-order chi connectivity index (χ1) is 13.5. The molecule has 2 heterocycles. The number of nitrogens with zero attached hydrogens (tertiary/aromatic N) is 4. The lowest BCUT2D eigenvalue weighted by molar-refractivity contribution is 0.167. The zero-order chi connectivity index (χ0) is 19.9. The van der Waals surface area contributed by atoms with Crippen molar-refractivity contribution in [2.24, 2.45) is 4.99 Å². The van der Waals surface area contributed by atoms with Gasteiger partial charge in [0.15, 0.2) is 5.96 Å². The number of hydrogen-bond donors (Lipinski definition) is 1. The average Bonchev–Trinajstić information content (AvgIpc) is 3.08. The summed E-state index contributed by atoms with van der Waals surface area (Å²) in [6, 6.07) is 9.45. The van der Waals surface area contributed by atoms with Gasteiger partial charge in [-0.1, -0.05) is 22.8 Å². The van der Waals surface area contributed by atoms with Crippen molar-refractivity contribution in [2.75, 3.05) is 39.8 Å². The lowest BCUT2D eigenvalue weighted by atomic mass is 10.3. The Kier molecular flexibility index (Phi) is 9.51. The number of piperazine rings is 1. The van der Waals surface area contributed by atoms with Crippen LogP contribution in [0.1, 0.15) is 18.4 Å². The highest BCUT2D eigenvalue weighted by atomic mass is 127. The predicted octanol–water partition coefficient (Wildman–Crippen LogP) is 3.41. The number of nitrogens with one attached hydrogen (secondary N) is 1. The third kappa shape index (κ3) is 7.35. The molecule has 1 aliphatic rings. The Hall–Kier alpha value is -1.52. The molecule has 1 atom stereocenters. The maximum Gasteiger partial charge on any atom is 0.193 e. The summed E-state index contributed by atoms with van der Waals surface area (Å²) in [6.45, 7) is 9.18. The third-order valence-corrected chi connectivity index (χ3v) is 4.86. The summed E-state index contributed by atoms with van der Waals surface area (Å²) in [5, 5.41) is 8.17. The molecule has 1 aromatic carbocycles. The molecule has 1 unspecified atom stereocenters. The first-order valence-electron chi connectivity index (χ1n) is 9.56. The standard InChI is InChI=1S/C20H28ClN5O2.HI/c1-15-11-18(24-28-15)14-25-7-9-26(10-8-25)20(22-3)23-13-16(2)27-19-6-4-5-17(21)12-19;/h4-6,11-12,16H,7-10,13-14H2,1-3H3,(H,22,23);1H. The molecule has 160 valence electrons. The number of rotatable bonds is 6.